The van der Waals surface area contributed by atoms with E-state index < -0.39 is 12.1 Å². The predicted octanol–water partition coefficient (Wildman–Crippen LogP) is 26.8. The number of aliphatic hydroxyl groups excluding tert-OH is 2. The van der Waals surface area contributed by atoms with Gasteiger partial charge in [0, 0.05) is 12.8 Å². The summed E-state index contributed by atoms with van der Waals surface area (Å²) in [5.74, 6) is -0.0166. The van der Waals surface area contributed by atoms with Gasteiger partial charge in [-0.3, -0.25) is 9.59 Å². The minimum atomic E-state index is -0.665. The zero-order valence-corrected chi connectivity index (χ0v) is 60.0. The van der Waals surface area contributed by atoms with Gasteiger partial charge in [0.2, 0.25) is 5.91 Å². The molecule has 0 saturated carbocycles. The molecule has 88 heavy (non-hydrogen) atoms. The fraction of sp³-hybridized carbons (Fsp3) is 0.927. The monoisotopic (exact) mass is 1240 g/mol. The van der Waals surface area contributed by atoms with Gasteiger partial charge < -0.3 is 20.3 Å². The number of rotatable bonds is 77. The van der Waals surface area contributed by atoms with Crippen LogP contribution in [-0.2, 0) is 14.3 Å². The van der Waals surface area contributed by atoms with Gasteiger partial charge in [-0.15, -0.1) is 0 Å². The Morgan fingerprint density at radius 1 is 0.307 bits per heavy atom. The van der Waals surface area contributed by atoms with Crippen LogP contribution in [0.25, 0.3) is 0 Å². The van der Waals surface area contributed by atoms with E-state index in [0.717, 1.165) is 44.9 Å². The van der Waals surface area contributed by atoms with Gasteiger partial charge in [0.1, 0.15) is 0 Å². The Hall–Kier alpha value is -1.66. The van der Waals surface area contributed by atoms with E-state index in [0.29, 0.717) is 25.9 Å². The summed E-state index contributed by atoms with van der Waals surface area (Å²) in [7, 11) is 0. The topological polar surface area (TPSA) is 95.9 Å². The molecule has 2 atom stereocenters. The van der Waals surface area contributed by atoms with E-state index >= 15 is 0 Å². The highest BCUT2D eigenvalue weighted by Crippen LogP contribution is 2.20. The molecule has 0 aromatic carbocycles. The van der Waals surface area contributed by atoms with Gasteiger partial charge in [-0.2, -0.15) is 0 Å². The van der Waals surface area contributed by atoms with Crippen LogP contribution < -0.4 is 5.32 Å². The highest BCUT2D eigenvalue weighted by molar-refractivity contribution is 5.76. The van der Waals surface area contributed by atoms with E-state index in [2.05, 4.69) is 43.5 Å². The average molecular weight is 1240 g/mol. The number of allylic oxidation sites excluding steroid dienone is 4. The maximum Gasteiger partial charge on any atom is 0.305 e. The first-order chi connectivity index (χ1) is 43.5. The number of unbranched alkanes of at least 4 members (excludes halogenated alkanes) is 62. The summed E-state index contributed by atoms with van der Waals surface area (Å²) in [4.78, 5) is 24.7. The van der Waals surface area contributed by atoms with Gasteiger partial charge in [-0.05, 0) is 77.0 Å². The lowest BCUT2D eigenvalue weighted by molar-refractivity contribution is -0.143. The van der Waals surface area contributed by atoms with E-state index in [1.54, 1.807) is 0 Å². The maximum absolute atomic E-state index is 12.6. The van der Waals surface area contributed by atoms with Crippen molar-refractivity contribution >= 4 is 11.9 Å². The average Bonchev–Trinajstić information content (AvgIpc) is 3.58. The van der Waals surface area contributed by atoms with Gasteiger partial charge in [-0.25, -0.2) is 0 Å². The van der Waals surface area contributed by atoms with E-state index in [4.69, 9.17) is 4.74 Å². The van der Waals surface area contributed by atoms with Crippen LogP contribution in [0.15, 0.2) is 24.3 Å². The number of nitrogens with one attached hydrogen (secondary N) is 1. The minimum Gasteiger partial charge on any atom is -0.466 e. The molecular weight excluding hydrogens is 1080 g/mol. The summed E-state index contributed by atoms with van der Waals surface area (Å²) < 4.78 is 5.50. The van der Waals surface area contributed by atoms with Crippen molar-refractivity contribution in [3.63, 3.8) is 0 Å². The number of hydrogen-bond acceptors (Lipinski definition) is 5. The van der Waals surface area contributed by atoms with Crippen molar-refractivity contribution in [3.05, 3.63) is 24.3 Å². The molecule has 1 amide bonds. The van der Waals surface area contributed by atoms with E-state index in [9.17, 15) is 19.8 Å². The normalized spacial score (nSPS) is 12.5. The molecule has 2 unspecified atom stereocenters. The molecule has 6 nitrogen and oxygen atoms in total. The summed E-state index contributed by atoms with van der Waals surface area (Å²) in [6, 6.07) is -0.542. The van der Waals surface area contributed by atoms with Crippen molar-refractivity contribution in [1.29, 1.82) is 0 Å². The Morgan fingerprint density at radius 3 is 0.807 bits per heavy atom. The molecule has 0 aromatic rings. The fourth-order valence-corrected chi connectivity index (χ4v) is 13.0. The van der Waals surface area contributed by atoms with E-state index in [-0.39, 0.29) is 18.5 Å². The molecule has 0 aliphatic rings. The summed E-state index contributed by atoms with van der Waals surface area (Å²) in [5, 5.41) is 23.5. The quantitative estimate of drug-likeness (QED) is 0.0320. The van der Waals surface area contributed by atoms with Gasteiger partial charge >= 0.3 is 5.97 Å². The van der Waals surface area contributed by atoms with E-state index in [1.807, 2.05) is 0 Å². The number of aliphatic hydroxyl groups is 2. The second-order valence-electron chi connectivity index (χ2n) is 28.1. The first-order valence-corrected chi connectivity index (χ1v) is 40.6. The third-order valence-corrected chi connectivity index (χ3v) is 19.2. The number of amides is 1. The van der Waals surface area contributed by atoms with Gasteiger partial charge in [-0.1, -0.05) is 398 Å². The van der Waals surface area contributed by atoms with Crippen LogP contribution in [0.5, 0.6) is 0 Å². The summed E-state index contributed by atoms with van der Waals surface area (Å²) in [6.45, 7) is 5.00. The number of carbonyl (C=O) groups excluding carboxylic acids is 2. The van der Waals surface area contributed by atoms with Gasteiger partial charge in [0.25, 0.3) is 0 Å². The lowest BCUT2D eigenvalue weighted by Gasteiger charge is -2.22. The van der Waals surface area contributed by atoms with Crippen molar-refractivity contribution < 1.29 is 24.5 Å². The van der Waals surface area contributed by atoms with Crippen LogP contribution >= 0.6 is 0 Å². The first kappa shape index (κ1) is 86.3. The molecule has 0 aliphatic carbocycles. The third kappa shape index (κ3) is 73.4. The molecule has 0 radical (unpaired) electrons. The summed E-state index contributed by atoms with van der Waals surface area (Å²) in [5.41, 5.74) is 0. The zero-order chi connectivity index (χ0) is 63.5. The predicted molar refractivity (Wildman–Crippen MR) is 389 cm³/mol. The molecule has 0 saturated heterocycles. The molecule has 0 rings (SSSR count). The van der Waals surface area contributed by atoms with Crippen LogP contribution in [0, 0.1) is 0 Å². The lowest BCUT2D eigenvalue weighted by atomic mass is 10.0. The van der Waals surface area contributed by atoms with Crippen LogP contribution in [-0.4, -0.2) is 47.4 Å². The number of hydrogen-bond donors (Lipinski definition) is 3. The van der Waals surface area contributed by atoms with E-state index in [1.165, 1.54) is 385 Å². The Morgan fingerprint density at radius 2 is 0.534 bits per heavy atom. The summed E-state index contributed by atoms with van der Waals surface area (Å²) >= 11 is 0. The molecule has 0 spiro atoms. The molecule has 0 heterocycles. The molecule has 0 aliphatic heterocycles. The molecule has 522 valence electrons. The van der Waals surface area contributed by atoms with Gasteiger partial charge in [0.05, 0.1) is 25.4 Å². The Labute approximate surface area is 551 Å². The number of carbonyl (C=O) groups is 2. The van der Waals surface area contributed by atoms with Crippen molar-refractivity contribution in [2.24, 2.45) is 0 Å². The molecule has 0 aromatic heterocycles. The SMILES string of the molecule is CCCCCCCCC/C=C\CCCCCCCC(=O)OCCCCCCCCCCCCCC/C=C\CCCCCCCCCCCCCCCCC(=O)NC(CO)C(O)CCCCCCCCCCCCCCCCCCCCCCCCCCC. The van der Waals surface area contributed by atoms with Crippen LogP contribution in [0.1, 0.15) is 463 Å². The number of esters is 1. The lowest BCUT2D eigenvalue weighted by Crippen LogP contribution is -2.45. The third-order valence-electron chi connectivity index (χ3n) is 19.2. The second kappa shape index (κ2) is 77.8. The molecular formula is C82H159NO5. The Kier molecular flexibility index (Phi) is 76.3. The smallest absolute Gasteiger partial charge is 0.305 e. The molecule has 0 fully saturated rings. The first-order valence-electron chi connectivity index (χ1n) is 40.6. The molecule has 3 N–H and O–H groups in total. The Balaban J connectivity index is 3.36. The van der Waals surface area contributed by atoms with Crippen LogP contribution in [0.4, 0.5) is 0 Å². The largest absolute Gasteiger partial charge is 0.466 e. The standard InChI is InChI=1S/C82H159NO5/c1-3-5-7-9-11-13-15-17-19-21-22-23-24-31-34-37-40-43-46-50-54-58-62-66-70-74-80(85)79(78-84)83-81(86)75-71-67-63-59-55-51-47-44-41-38-35-32-29-27-25-26-28-30-33-36-39-42-45-49-53-57-61-65-69-73-77-88-82(87)76-72-68-64-60-56-52-48-20-18-16-14-12-10-8-6-4-2/h20,26,28,48,79-80,84-85H,3-19,21-25,27,29-47,49-78H2,1-2H3,(H,83,86)/b28-26-,48-20-. The molecule has 6 heteroatoms. The maximum atomic E-state index is 12.6. The molecule has 0 bridgehead atoms. The van der Waals surface area contributed by atoms with Crippen molar-refractivity contribution in [3.8, 4) is 0 Å². The van der Waals surface area contributed by atoms with Crippen molar-refractivity contribution in [2.45, 2.75) is 475 Å². The van der Waals surface area contributed by atoms with Crippen molar-refractivity contribution in [2.75, 3.05) is 13.2 Å². The minimum absolute atomic E-state index is 0.0109. The van der Waals surface area contributed by atoms with Crippen molar-refractivity contribution in [1.82, 2.24) is 5.32 Å². The summed E-state index contributed by atoms with van der Waals surface area (Å²) in [6.07, 6.45) is 99.9. The zero-order valence-electron chi connectivity index (χ0n) is 60.0. The number of ether oxygens (including phenoxy) is 1. The second-order valence-corrected chi connectivity index (χ2v) is 28.1. The Bertz CT molecular complexity index is 1380. The highest BCUT2D eigenvalue weighted by atomic mass is 16.5. The van der Waals surface area contributed by atoms with Gasteiger partial charge in [0.15, 0.2) is 0 Å². The van der Waals surface area contributed by atoms with Crippen LogP contribution in [0.3, 0.4) is 0 Å². The fourth-order valence-electron chi connectivity index (χ4n) is 13.0. The van der Waals surface area contributed by atoms with Crippen LogP contribution in [0.2, 0.25) is 0 Å². The highest BCUT2D eigenvalue weighted by Gasteiger charge is 2.20.